The third-order valence-electron chi connectivity index (χ3n) is 1.97. The lowest BCUT2D eigenvalue weighted by Gasteiger charge is -2.19. The summed E-state index contributed by atoms with van der Waals surface area (Å²) in [6, 6.07) is 0.592. The van der Waals surface area contributed by atoms with Gasteiger partial charge in [0.25, 0.3) is 0 Å². The van der Waals surface area contributed by atoms with Crippen molar-refractivity contribution in [3.05, 3.63) is 12.2 Å². The van der Waals surface area contributed by atoms with Crippen molar-refractivity contribution < 1.29 is 5.11 Å². The molecule has 0 aliphatic heterocycles. The summed E-state index contributed by atoms with van der Waals surface area (Å²) in [5.41, 5.74) is 0. The Morgan fingerprint density at radius 3 is 3.00 bits per heavy atom. The van der Waals surface area contributed by atoms with Gasteiger partial charge in [0, 0.05) is 12.6 Å². The van der Waals surface area contributed by atoms with Crippen LogP contribution in [0, 0.1) is 0 Å². The molecule has 0 aromatic carbocycles. The van der Waals surface area contributed by atoms with Gasteiger partial charge in [-0.15, -0.1) is 0 Å². The summed E-state index contributed by atoms with van der Waals surface area (Å²) in [6.45, 7) is 2.53. The number of hydrogen-bond donors (Lipinski definition) is 2. The van der Waals surface area contributed by atoms with Crippen LogP contribution in [-0.2, 0) is 0 Å². The molecule has 1 aliphatic rings. The molecule has 0 spiro atoms. The fourth-order valence-corrected chi connectivity index (χ4v) is 1.32. The standard InChI is InChI=1S/C9H17NO/c1-8(11)7-10-9-5-3-2-4-6-9/h2-3,8-11H,4-7H2,1H3. The number of nitrogens with one attached hydrogen (secondary N) is 1. The summed E-state index contributed by atoms with van der Waals surface area (Å²) in [5.74, 6) is 0. The lowest BCUT2D eigenvalue weighted by molar-refractivity contribution is 0.185. The topological polar surface area (TPSA) is 32.3 Å². The molecule has 0 saturated carbocycles. The van der Waals surface area contributed by atoms with Crippen LogP contribution < -0.4 is 5.32 Å². The summed E-state index contributed by atoms with van der Waals surface area (Å²) in [5, 5.41) is 12.3. The van der Waals surface area contributed by atoms with Gasteiger partial charge in [0.1, 0.15) is 0 Å². The van der Waals surface area contributed by atoms with Crippen LogP contribution in [0.2, 0.25) is 0 Å². The first kappa shape index (κ1) is 8.75. The van der Waals surface area contributed by atoms with Gasteiger partial charge in [0.05, 0.1) is 6.10 Å². The van der Waals surface area contributed by atoms with Gasteiger partial charge in [-0.3, -0.25) is 0 Å². The molecule has 11 heavy (non-hydrogen) atoms. The van der Waals surface area contributed by atoms with Crippen molar-refractivity contribution in [2.75, 3.05) is 6.54 Å². The molecule has 0 radical (unpaired) electrons. The summed E-state index contributed by atoms with van der Waals surface area (Å²) in [7, 11) is 0. The van der Waals surface area contributed by atoms with Gasteiger partial charge in [0.15, 0.2) is 0 Å². The van der Waals surface area contributed by atoms with Crippen molar-refractivity contribution in [3.8, 4) is 0 Å². The predicted molar refractivity (Wildman–Crippen MR) is 46.5 cm³/mol. The normalized spacial score (nSPS) is 26.9. The third kappa shape index (κ3) is 3.54. The van der Waals surface area contributed by atoms with Gasteiger partial charge < -0.3 is 10.4 Å². The second kappa shape index (κ2) is 4.52. The number of hydrogen-bond acceptors (Lipinski definition) is 2. The van der Waals surface area contributed by atoms with Gasteiger partial charge in [-0.2, -0.15) is 0 Å². The van der Waals surface area contributed by atoms with Crippen LogP contribution in [0.4, 0.5) is 0 Å². The first-order valence-electron chi connectivity index (χ1n) is 4.35. The molecule has 0 amide bonds. The monoisotopic (exact) mass is 155 g/mol. The van der Waals surface area contributed by atoms with Crippen molar-refractivity contribution in [2.24, 2.45) is 0 Å². The molecule has 1 aliphatic carbocycles. The zero-order chi connectivity index (χ0) is 8.10. The highest BCUT2D eigenvalue weighted by molar-refractivity contribution is 4.92. The minimum atomic E-state index is -0.221. The number of rotatable bonds is 3. The van der Waals surface area contributed by atoms with E-state index in [9.17, 15) is 0 Å². The molecule has 2 atom stereocenters. The van der Waals surface area contributed by atoms with Crippen LogP contribution in [0.1, 0.15) is 26.2 Å². The molecule has 1 rings (SSSR count). The van der Waals surface area contributed by atoms with Gasteiger partial charge in [-0.05, 0) is 26.2 Å². The van der Waals surface area contributed by atoms with E-state index in [1.54, 1.807) is 0 Å². The van der Waals surface area contributed by atoms with Crippen LogP contribution in [0.25, 0.3) is 0 Å². The van der Waals surface area contributed by atoms with Crippen molar-refractivity contribution >= 4 is 0 Å². The highest BCUT2D eigenvalue weighted by atomic mass is 16.3. The Balaban J connectivity index is 2.11. The lowest BCUT2D eigenvalue weighted by atomic mass is 10.0. The second-order valence-corrected chi connectivity index (χ2v) is 3.24. The molecular formula is C9H17NO. The largest absolute Gasteiger partial charge is 0.392 e. The summed E-state index contributed by atoms with van der Waals surface area (Å²) in [6.07, 6.45) is 7.72. The zero-order valence-corrected chi connectivity index (χ0v) is 7.09. The number of aliphatic hydroxyl groups excluding tert-OH is 1. The number of allylic oxidation sites excluding steroid dienone is 1. The first-order valence-corrected chi connectivity index (χ1v) is 4.35. The average molecular weight is 155 g/mol. The van der Waals surface area contributed by atoms with Crippen LogP contribution in [0.3, 0.4) is 0 Å². The maximum absolute atomic E-state index is 9.00. The van der Waals surface area contributed by atoms with Gasteiger partial charge in [-0.25, -0.2) is 0 Å². The predicted octanol–water partition coefficient (Wildman–Crippen LogP) is 1.07. The van der Waals surface area contributed by atoms with E-state index in [2.05, 4.69) is 17.5 Å². The van der Waals surface area contributed by atoms with Crippen LogP contribution >= 0.6 is 0 Å². The highest BCUT2D eigenvalue weighted by Gasteiger charge is 2.08. The molecule has 0 aromatic heterocycles. The van der Waals surface area contributed by atoms with E-state index in [1.165, 1.54) is 12.8 Å². The van der Waals surface area contributed by atoms with E-state index in [0.29, 0.717) is 6.04 Å². The third-order valence-corrected chi connectivity index (χ3v) is 1.97. The van der Waals surface area contributed by atoms with E-state index >= 15 is 0 Å². The molecule has 2 N–H and O–H groups in total. The number of aliphatic hydroxyl groups is 1. The minimum Gasteiger partial charge on any atom is -0.392 e. The van der Waals surface area contributed by atoms with E-state index in [0.717, 1.165) is 13.0 Å². The Hall–Kier alpha value is -0.340. The Bertz CT molecular complexity index is 132. The molecule has 2 unspecified atom stereocenters. The molecule has 0 saturated heterocycles. The fourth-order valence-electron chi connectivity index (χ4n) is 1.32. The van der Waals surface area contributed by atoms with E-state index in [4.69, 9.17) is 5.11 Å². The Morgan fingerprint density at radius 1 is 1.64 bits per heavy atom. The van der Waals surface area contributed by atoms with E-state index < -0.39 is 0 Å². The van der Waals surface area contributed by atoms with Gasteiger partial charge in [0.2, 0.25) is 0 Å². The van der Waals surface area contributed by atoms with Crippen molar-refractivity contribution in [1.29, 1.82) is 0 Å². The molecule has 64 valence electrons. The molecule has 0 bridgehead atoms. The molecule has 2 nitrogen and oxygen atoms in total. The van der Waals surface area contributed by atoms with E-state index in [1.807, 2.05) is 6.92 Å². The average Bonchev–Trinajstić information content (AvgIpc) is 2.03. The Morgan fingerprint density at radius 2 is 2.45 bits per heavy atom. The van der Waals surface area contributed by atoms with Crippen molar-refractivity contribution in [2.45, 2.75) is 38.3 Å². The smallest absolute Gasteiger partial charge is 0.0636 e. The molecule has 0 aromatic rings. The highest BCUT2D eigenvalue weighted by Crippen LogP contribution is 2.09. The second-order valence-electron chi connectivity index (χ2n) is 3.24. The summed E-state index contributed by atoms with van der Waals surface area (Å²) in [4.78, 5) is 0. The summed E-state index contributed by atoms with van der Waals surface area (Å²) < 4.78 is 0. The molecule has 2 heteroatoms. The van der Waals surface area contributed by atoms with E-state index in [-0.39, 0.29) is 6.10 Å². The van der Waals surface area contributed by atoms with Crippen molar-refractivity contribution in [1.82, 2.24) is 5.32 Å². The maximum atomic E-state index is 9.00. The quantitative estimate of drug-likeness (QED) is 0.597. The van der Waals surface area contributed by atoms with Crippen LogP contribution in [0.15, 0.2) is 12.2 Å². The molecule has 0 fully saturated rings. The van der Waals surface area contributed by atoms with Gasteiger partial charge >= 0.3 is 0 Å². The SMILES string of the molecule is CC(O)CNC1CC=CCC1. The zero-order valence-electron chi connectivity index (χ0n) is 7.09. The lowest BCUT2D eigenvalue weighted by Crippen LogP contribution is -2.34. The van der Waals surface area contributed by atoms with Crippen LogP contribution in [0.5, 0.6) is 0 Å². The van der Waals surface area contributed by atoms with Crippen molar-refractivity contribution in [3.63, 3.8) is 0 Å². The Labute approximate surface area is 68.3 Å². The maximum Gasteiger partial charge on any atom is 0.0636 e. The minimum absolute atomic E-state index is 0.221. The summed E-state index contributed by atoms with van der Waals surface area (Å²) >= 11 is 0. The van der Waals surface area contributed by atoms with Gasteiger partial charge in [-0.1, -0.05) is 12.2 Å². The molecular weight excluding hydrogens is 138 g/mol. The fraction of sp³-hybridized carbons (Fsp3) is 0.778. The van der Waals surface area contributed by atoms with Crippen LogP contribution in [-0.4, -0.2) is 23.8 Å². The molecule has 0 heterocycles. The first-order chi connectivity index (χ1) is 5.29. The Kier molecular flexibility index (Phi) is 3.60.